The second kappa shape index (κ2) is 9.74. The Morgan fingerprint density at radius 3 is 2.37 bits per heavy atom. The van der Waals surface area contributed by atoms with E-state index in [1.165, 1.54) is 10.8 Å². The largest absolute Gasteiger partial charge is 0.334 e. The monoisotopic (exact) mass is 402 g/mol. The number of benzene rings is 3. The van der Waals surface area contributed by atoms with E-state index < -0.39 is 0 Å². The van der Waals surface area contributed by atoms with E-state index >= 15 is 0 Å². The van der Waals surface area contributed by atoms with Crippen LogP contribution in [0.2, 0.25) is 0 Å². The van der Waals surface area contributed by atoms with Crippen LogP contribution in [0.1, 0.15) is 17.2 Å². The first kappa shape index (κ1) is 20.4. The van der Waals surface area contributed by atoms with Crippen molar-refractivity contribution in [1.82, 2.24) is 20.4 Å². The van der Waals surface area contributed by atoms with E-state index in [4.69, 9.17) is 0 Å². The van der Waals surface area contributed by atoms with Crippen molar-refractivity contribution in [2.75, 3.05) is 39.8 Å². The molecule has 1 heterocycles. The number of rotatable bonds is 6. The van der Waals surface area contributed by atoms with E-state index in [0.717, 1.165) is 43.9 Å². The summed E-state index contributed by atoms with van der Waals surface area (Å²) in [7, 11) is 2.16. The second-order valence-corrected chi connectivity index (χ2v) is 8.08. The topological polar surface area (TPSA) is 47.6 Å². The Balaban J connectivity index is 1.38. The number of fused-ring (bicyclic) bond motifs is 1. The predicted molar refractivity (Wildman–Crippen MR) is 122 cm³/mol. The fraction of sp³-hybridized carbons (Fsp3) is 0.320. The molecule has 1 saturated heterocycles. The number of hydrogen-bond acceptors (Lipinski definition) is 3. The summed E-state index contributed by atoms with van der Waals surface area (Å²) in [5.41, 5.74) is 2.23. The van der Waals surface area contributed by atoms with E-state index in [1.807, 2.05) is 30.3 Å². The van der Waals surface area contributed by atoms with Crippen LogP contribution in [0.15, 0.2) is 72.8 Å². The standard InChI is InChI=1S/C25H30N4O/c1-28-13-15-29(16-14-28)19-24(22-8-3-2-4-9-22)27-25(30)26-18-20-11-12-21-7-5-6-10-23(21)17-20/h2-12,17,24H,13-16,18-19H2,1H3,(H2,26,27,30). The molecule has 2 N–H and O–H groups in total. The van der Waals surface area contributed by atoms with Gasteiger partial charge in [-0.2, -0.15) is 0 Å². The van der Waals surface area contributed by atoms with Crippen LogP contribution in [0, 0.1) is 0 Å². The fourth-order valence-electron chi connectivity index (χ4n) is 3.95. The zero-order valence-corrected chi connectivity index (χ0v) is 17.6. The molecule has 3 aromatic carbocycles. The Hall–Kier alpha value is -2.89. The van der Waals surface area contributed by atoms with E-state index in [1.54, 1.807) is 0 Å². The smallest absolute Gasteiger partial charge is 0.315 e. The number of amides is 2. The Bertz CT molecular complexity index is 967. The highest BCUT2D eigenvalue weighted by molar-refractivity contribution is 5.83. The van der Waals surface area contributed by atoms with Crippen LogP contribution >= 0.6 is 0 Å². The average Bonchev–Trinajstić information content (AvgIpc) is 2.79. The molecule has 0 bridgehead atoms. The van der Waals surface area contributed by atoms with Crippen molar-refractivity contribution < 1.29 is 4.79 Å². The number of likely N-dealkylation sites (N-methyl/N-ethyl adjacent to an activating group) is 1. The van der Waals surface area contributed by atoms with Gasteiger partial charge in [0.15, 0.2) is 0 Å². The molecule has 0 aliphatic carbocycles. The first-order valence-corrected chi connectivity index (χ1v) is 10.7. The minimum absolute atomic E-state index is 0.0359. The van der Waals surface area contributed by atoms with Gasteiger partial charge in [-0.05, 0) is 35.0 Å². The summed E-state index contributed by atoms with van der Waals surface area (Å²) in [6.45, 7) is 5.51. The molecule has 3 aromatic rings. The van der Waals surface area contributed by atoms with E-state index in [-0.39, 0.29) is 12.1 Å². The summed E-state index contributed by atoms with van der Waals surface area (Å²) in [4.78, 5) is 17.5. The molecule has 1 aliphatic heterocycles. The van der Waals surface area contributed by atoms with Crippen LogP contribution in [0.25, 0.3) is 10.8 Å². The van der Waals surface area contributed by atoms with Crippen molar-refractivity contribution in [3.63, 3.8) is 0 Å². The number of nitrogens with zero attached hydrogens (tertiary/aromatic N) is 2. The molecule has 1 fully saturated rings. The zero-order valence-electron chi connectivity index (χ0n) is 17.6. The van der Waals surface area contributed by atoms with Crippen molar-refractivity contribution in [1.29, 1.82) is 0 Å². The number of carbonyl (C=O) groups excluding carboxylic acids is 1. The van der Waals surface area contributed by atoms with Crippen LogP contribution in [0.3, 0.4) is 0 Å². The lowest BCUT2D eigenvalue weighted by Crippen LogP contribution is -2.48. The van der Waals surface area contributed by atoms with Gasteiger partial charge in [0.25, 0.3) is 0 Å². The summed E-state index contributed by atoms with van der Waals surface area (Å²) in [6, 6.07) is 24.7. The van der Waals surface area contributed by atoms with Gasteiger partial charge in [-0.25, -0.2) is 4.79 Å². The third-order valence-electron chi connectivity index (χ3n) is 5.81. The van der Waals surface area contributed by atoms with E-state index in [9.17, 15) is 4.79 Å². The number of hydrogen-bond donors (Lipinski definition) is 2. The Labute approximate surface area is 178 Å². The summed E-state index contributed by atoms with van der Waals surface area (Å²) in [5, 5.41) is 8.62. The maximum Gasteiger partial charge on any atom is 0.315 e. The van der Waals surface area contributed by atoms with Crippen LogP contribution in [-0.2, 0) is 6.54 Å². The number of carbonyl (C=O) groups is 1. The molecule has 0 spiro atoms. The lowest BCUT2D eigenvalue weighted by atomic mass is 10.1. The number of nitrogens with one attached hydrogen (secondary N) is 2. The molecular formula is C25H30N4O. The lowest BCUT2D eigenvalue weighted by Gasteiger charge is -2.35. The first-order valence-electron chi connectivity index (χ1n) is 10.7. The summed E-state index contributed by atoms with van der Waals surface area (Å²) in [5.74, 6) is 0. The van der Waals surface area contributed by atoms with Gasteiger partial charge in [0.2, 0.25) is 0 Å². The van der Waals surface area contributed by atoms with Crippen molar-refractivity contribution in [3.05, 3.63) is 83.9 Å². The highest BCUT2D eigenvalue weighted by Crippen LogP contribution is 2.17. The molecule has 1 aliphatic rings. The van der Waals surface area contributed by atoms with Gasteiger partial charge in [-0.3, -0.25) is 4.90 Å². The highest BCUT2D eigenvalue weighted by Gasteiger charge is 2.21. The lowest BCUT2D eigenvalue weighted by molar-refractivity contribution is 0.142. The number of urea groups is 1. The van der Waals surface area contributed by atoms with Gasteiger partial charge in [0, 0.05) is 39.3 Å². The molecule has 1 atom stereocenters. The van der Waals surface area contributed by atoms with Gasteiger partial charge in [-0.15, -0.1) is 0 Å². The Kier molecular flexibility index (Phi) is 6.62. The van der Waals surface area contributed by atoms with Crippen molar-refractivity contribution in [2.24, 2.45) is 0 Å². The number of piperazine rings is 1. The SMILES string of the molecule is CN1CCN(CC(NC(=O)NCc2ccc3ccccc3c2)c2ccccc2)CC1. The molecule has 0 saturated carbocycles. The summed E-state index contributed by atoms with van der Waals surface area (Å²) < 4.78 is 0. The van der Waals surface area contributed by atoms with E-state index in [0.29, 0.717) is 6.54 Å². The van der Waals surface area contributed by atoms with Gasteiger partial charge in [0.1, 0.15) is 0 Å². The van der Waals surface area contributed by atoms with Crippen LogP contribution < -0.4 is 10.6 Å². The molecule has 30 heavy (non-hydrogen) atoms. The quantitative estimate of drug-likeness (QED) is 0.662. The van der Waals surface area contributed by atoms with Crippen LogP contribution in [0.5, 0.6) is 0 Å². The maximum absolute atomic E-state index is 12.7. The Morgan fingerprint density at radius 1 is 0.900 bits per heavy atom. The van der Waals surface area contributed by atoms with Crippen molar-refractivity contribution in [2.45, 2.75) is 12.6 Å². The maximum atomic E-state index is 12.7. The third-order valence-corrected chi connectivity index (χ3v) is 5.81. The normalized spacial score (nSPS) is 16.3. The predicted octanol–water partition coefficient (Wildman–Crippen LogP) is 3.63. The molecule has 5 heteroatoms. The van der Waals surface area contributed by atoms with Crippen molar-refractivity contribution >= 4 is 16.8 Å². The van der Waals surface area contributed by atoms with E-state index in [2.05, 4.69) is 69.9 Å². The molecule has 0 radical (unpaired) electrons. The van der Waals surface area contributed by atoms with Gasteiger partial charge in [0.05, 0.1) is 6.04 Å². The molecular weight excluding hydrogens is 372 g/mol. The fourth-order valence-corrected chi connectivity index (χ4v) is 3.95. The first-order chi connectivity index (χ1) is 14.7. The third kappa shape index (κ3) is 5.38. The van der Waals surface area contributed by atoms with Crippen molar-refractivity contribution in [3.8, 4) is 0 Å². The molecule has 156 valence electrons. The second-order valence-electron chi connectivity index (χ2n) is 8.08. The zero-order chi connectivity index (χ0) is 20.8. The minimum Gasteiger partial charge on any atom is -0.334 e. The molecule has 2 amide bonds. The van der Waals surface area contributed by atoms with Gasteiger partial charge in [-0.1, -0.05) is 66.7 Å². The molecule has 4 rings (SSSR count). The molecule has 5 nitrogen and oxygen atoms in total. The van der Waals surface area contributed by atoms with Crippen LogP contribution in [0.4, 0.5) is 4.79 Å². The highest BCUT2D eigenvalue weighted by atomic mass is 16.2. The average molecular weight is 403 g/mol. The summed E-state index contributed by atoms with van der Waals surface area (Å²) in [6.07, 6.45) is 0. The minimum atomic E-state index is -0.133. The Morgan fingerprint density at radius 2 is 1.60 bits per heavy atom. The summed E-state index contributed by atoms with van der Waals surface area (Å²) >= 11 is 0. The molecule has 1 unspecified atom stereocenters. The van der Waals surface area contributed by atoms with Gasteiger partial charge >= 0.3 is 6.03 Å². The van der Waals surface area contributed by atoms with Crippen LogP contribution in [-0.4, -0.2) is 55.6 Å². The molecule has 0 aromatic heterocycles. The van der Waals surface area contributed by atoms with Gasteiger partial charge < -0.3 is 15.5 Å².